The number of nitrogens with zero attached hydrogens (tertiary/aromatic N) is 1. The first-order valence-corrected chi connectivity index (χ1v) is 17.4. The molecule has 0 N–H and O–H groups in total. The maximum atomic E-state index is 2.52. The van der Waals surface area contributed by atoms with Gasteiger partial charge in [0.15, 0.2) is 0 Å². The zero-order valence-electron chi connectivity index (χ0n) is 27.7. The molecule has 48 heavy (non-hydrogen) atoms. The Labute approximate surface area is 284 Å². The fourth-order valence-corrected chi connectivity index (χ4v) is 8.24. The second-order valence-corrected chi connectivity index (χ2v) is 14.0. The zero-order valence-corrected chi connectivity index (χ0v) is 27.7. The van der Waals surface area contributed by atoms with Crippen LogP contribution in [0.5, 0.6) is 0 Å². The van der Waals surface area contributed by atoms with Gasteiger partial charge in [-0.2, -0.15) is 0 Å². The first kappa shape index (κ1) is 28.8. The molecular weight excluding hydrogens is 579 g/mol. The highest BCUT2D eigenvalue weighted by atomic mass is 15.1. The second-order valence-electron chi connectivity index (χ2n) is 14.0. The highest BCUT2D eigenvalue weighted by Crippen LogP contribution is 2.52. The zero-order chi connectivity index (χ0) is 32.2. The molecule has 0 saturated carbocycles. The lowest BCUT2D eigenvalue weighted by Crippen LogP contribution is -2.18. The van der Waals surface area contributed by atoms with Gasteiger partial charge in [0.1, 0.15) is 0 Å². The summed E-state index contributed by atoms with van der Waals surface area (Å²) in [4.78, 5) is 2.52. The molecule has 0 spiro atoms. The molecule has 0 aromatic heterocycles. The van der Waals surface area contributed by atoms with Gasteiger partial charge in [-0.05, 0) is 135 Å². The van der Waals surface area contributed by atoms with E-state index in [0.29, 0.717) is 0 Å². The smallest absolute Gasteiger partial charge is 0.0496 e. The standard InChI is InChI=1S/C47H39N/c1-47(2)44-30-38-15-7-6-14-37(38)29-43(44)42-28-27-40(31-45(42)47)48(46-18-10-16-36-13-8-9-17-41(36)46)39-25-23-35(24-26-39)34-21-19-33(20-22-34)32-11-4-3-5-12-32/h3-7,10-12,14-16,18-31H,8-9,13,17H2,1-2H3. The summed E-state index contributed by atoms with van der Waals surface area (Å²) in [5.41, 5.74) is 17.1. The molecule has 7 aromatic carbocycles. The van der Waals surface area contributed by atoms with Gasteiger partial charge in [-0.1, -0.05) is 123 Å². The van der Waals surface area contributed by atoms with Crippen molar-refractivity contribution in [3.05, 3.63) is 174 Å². The van der Waals surface area contributed by atoms with Gasteiger partial charge in [0.05, 0.1) is 0 Å². The van der Waals surface area contributed by atoms with E-state index in [1.54, 1.807) is 0 Å². The summed E-state index contributed by atoms with van der Waals surface area (Å²) < 4.78 is 0. The van der Waals surface area contributed by atoms with Crippen molar-refractivity contribution in [1.82, 2.24) is 0 Å². The van der Waals surface area contributed by atoms with Crippen molar-refractivity contribution in [2.75, 3.05) is 4.90 Å². The lowest BCUT2D eigenvalue weighted by molar-refractivity contribution is 0.661. The van der Waals surface area contributed by atoms with E-state index in [1.165, 1.54) is 96.3 Å². The van der Waals surface area contributed by atoms with Crippen molar-refractivity contribution >= 4 is 27.8 Å². The van der Waals surface area contributed by atoms with Crippen LogP contribution in [0.1, 0.15) is 48.9 Å². The van der Waals surface area contributed by atoms with Crippen molar-refractivity contribution in [3.63, 3.8) is 0 Å². The minimum absolute atomic E-state index is 0.0950. The molecule has 2 aliphatic carbocycles. The number of benzene rings is 7. The van der Waals surface area contributed by atoms with Crippen LogP contribution in [0.2, 0.25) is 0 Å². The molecule has 1 heteroatoms. The van der Waals surface area contributed by atoms with E-state index in [-0.39, 0.29) is 5.41 Å². The summed E-state index contributed by atoms with van der Waals surface area (Å²) in [7, 11) is 0. The molecule has 9 rings (SSSR count). The molecule has 0 fully saturated rings. The van der Waals surface area contributed by atoms with Crippen LogP contribution in [0.15, 0.2) is 152 Å². The fourth-order valence-electron chi connectivity index (χ4n) is 8.24. The van der Waals surface area contributed by atoms with E-state index in [1.807, 2.05) is 0 Å². The summed E-state index contributed by atoms with van der Waals surface area (Å²) >= 11 is 0. The maximum absolute atomic E-state index is 2.52. The van der Waals surface area contributed by atoms with Crippen LogP contribution >= 0.6 is 0 Å². The predicted octanol–water partition coefficient (Wildman–Crippen LogP) is 12.8. The Hall–Kier alpha value is -5.40. The molecule has 7 aromatic rings. The molecule has 0 radical (unpaired) electrons. The Morgan fingerprint density at radius 1 is 0.458 bits per heavy atom. The van der Waals surface area contributed by atoms with Crippen molar-refractivity contribution in [2.45, 2.75) is 44.9 Å². The molecule has 0 amide bonds. The van der Waals surface area contributed by atoms with Gasteiger partial charge in [0.25, 0.3) is 0 Å². The number of hydrogen-bond acceptors (Lipinski definition) is 1. The molecule has 0 saturated heterocycles. The van der Waals surface area contributed by atoms with Crippen LogP contribution in [-0.4, -0.2) is 0 Å². The van der Waals surface area contributed by atoms with E-state index in [2.05, 4.69) is 170 Å². The first-order valence-electron chi connectivity index (χ1n) is 17.4. The monoisotopic (exact) mass is 617 g/mol. The molecule has 232 valence electrons. The average molecular weight is 618 g/mol. The SMILES string of the molecule is CC1(C)c2cc(N(c3ccc(-c4ccc(-c5ccccc5)cc4)cc3)c3cccc4c3CCCC4)ccc2-c2cc3ccccc3cc21. The van der Waals surface area contributed by atoms with Crippen LogP contribution in [0.3, 0.4) is 0 Å². The molecule has 0 aliphatic heterocycles. The van der Waals surface area contributed by atoms with Gasteiger partial charge in [0, 0.05) is 22.5 Å². The number of hydrogen-bond donors (Lipinski definition) is 0. The van der Waals surface area contributed by atoms with Crippen LogP contribution in [-0.2, 0) is 18.3 Å². The topological polar surface area (TPSA) is 3.24 Å². The third-order valence-corrected chi connectivity index (χ3v) is 10.8. The van der Waals surface area contributed by atoms with Crippen LogP contribution in [0, 0.1) is 0 Å². The van der Waals surface area contributed by atoms with Gasteiger partial charge in [-0.3, -0.25) is 0 Å². The minimum atomic E-state index is -0.0950. The molecule has 0 heterocycles. The van der Waals surface area contributed by atoms with Crippen molar-refractivity contribution in [2.24, 2.45) is 0 Å². The Balaban J connectivity index is 1.14. The van der Waals surface area contributed by atoms with Gasteiger partial charge < -0.3 is 4.90 Å². The summed E-state index contributed by atoms with van der Waals surface area (Å²) in [5.74, 6) is 0. The lowest BCUT2D eigenvalue weighted by atomic mass is 9.81. The van der Waals surface area contributed by atoms with E-state index >= 15 is 0 Å². The second kappa shape index (κ2) is 11.4. The normalized spacial score (nSPS) is 14.3. The van der Waals surface area contributed by atoms with Crippen molar-refractivity contribution in [1.29, 1.82) is 0 Å². The van der Waals surface area contributed by atoms with Gasteiger partial charge in [-0.25, -0.2) is 0 Å². The highest BCUT2D eigenvalue weighted by Gasteiger charge is 2.36. The lowest BCUT2D eigenvalue weighted by Gasteiger charge is -2.31. The van der Waals surface area contributed by atoms with Gasteiger partial charge in [0.2, 0.25) is 0 Å². The van der Waals surface area contributed by atoms with E-state index < -0.39 is 0 Å². The number of rotatable bonds is 5. The van der Waals surface area contributed by atoms with Crippen molar-refractivity contribution in [3.8, 4) is 33.4 Å². The first-order chi connectivity index (χ1) is 23.5. The van der Waals surface area contributed by atoms with Gasteiger partial charge in [-0.15, -0.1) is 0 Å². The molecular formula is C47H39N. The fraction of sp³-hybridized carbons (Fsp3) is 0.149. The van der Waals surface area contributed by atoms with Crippen molar-refractivity contribution < 1.29 is 0 Å². The summed E-state index contributed by atoms with van der Waals surface area (Å²) in [6, 6.07) is 56.4. The number of fused-ring (bicyclic) bond motifs is 5. The quantitative estimate of drug-likeness (QED) is 0.186. The van der Waals surface area contributed by atoms with Crippen LogP contribution in [0.25, 0.3) is 44.2 Å². The minimum Gasteiger partial charge on any atom is -0.310 e. The molecule has 2 aliphatic rings. The Morgan fingerprint density at radius 2 is 1.04 bits per heavy atom. The number of anilines is 3. The Morgan fingerprint density at radius 3 is 1.77 bits per heavy atom. The molecule has 1 nitrogen and oxygen atoms in total. The average Bonchev–Trinajstić information content (AvgIpc) is 3.36. The van der Waals surface area contributed by atoms with Crippen LogP contribution in [0.4, 0.5) is 17.1 Å². The summed E-state index contributed by atoms with van der Waals surface area (Å²) in [5, 5.41) is 2.61. The van der Waals surface area contributed by atoms with Gasteiger partial charge >= 0.3 is 0 Å². The summed E-state index contributed by atoms with van der Waals surface area (Å²) in [6.45, 7) is 4.78. The largest absolute Gasteiger partial charge is 0.310 e. The Kier molecular flexibility index (Phi) is 6.83. The predicted molar refractivity (Wildman–Crippen MR) is 204 cm³/mol. The third kappa shape index (κ3) is 4.76. The summed E-state index contributed by atoms with van der Waals surface area (Å²) in [6.07, 6.45) is 4.81. The maximum Gasteiger partial charge on any atom is 0.0496 e. The number of aryl methyl sites for hydroxylation is 1. The molecule has 0 atom stereocenters. The van der Waals surface area contributed by atoms with E-state index in [4.69, 9.17) is 0 Å². The highest BCUT2D eigenvalue weighted by molar-refractivity contribution is 5.94. The molecule has 0 bridgehead atoms. The Bertz CT molecular complexity index is 2290. The third-order valence-electron chi connectivity index (χ3n) is 10.8. The van der Waals surface area contributed by atoms with E-state index in [9.17, 15) is 0 Å². The molecule has 0 unspecified atom stereocenters. The van der Waals surface area contributed by atoms with E-state index in [0.717, 1.165) is 12.8 Å². The van der Waals surface area contributed by atoms with Crippen LogP contribution < -0.4 is 4.90 Å².